The topological polar surface area (TPSA) is 300 Å². The minimum Gasteiger partial charge on any atom is -0.467 e. The van der Waals surface area contributed by atoms with E-state index in [9.17, 15) is 43.2 Å². The Balaban J connectivity index is 1.43. The first-order chi connectivity index (χ1) is 35.5. The number of thioether (sulfide) groups is 1. The number of benzene rings is 2. The van der Waals surface area contributed by atoms with Crippen LogP contribution in [0.1, 0.15) is 85.1 Å². The molecule has 23 nitrogen and oxygen atoms in total. The first-order valence-electron chi connectivity index (χ1n) is 24.4. The molecule has 75 heavy (non-hydrogen) atoms. The Morgan fingerprint density at radius 3 is 1.91 bits per heavy atom. The molecule has 0 aliphatic carbocycles. The lowest BCUT2D eigenvalue weighted by atomic mass is 9.80. The number of methoxy groups -OCH3 is 3. The second-order valence-corrected chi connectivity index (χ2v) is 20.1. The second-order valence-electron chi connectivity index (χ2n) is 19.0. The van der Waals surface area contributed by atoms with Crippen LogP contribution in [-0.2, 0) is 82.9 Å². The summed E-state index contributed by atoms with van der Waals surface area (Å²) in [5.41, 5.74) is 0.757. The standard InChI is InChI=1S/C51H72N6O17S/c1-28(23-34-40(54-31(4)58)49(70-24-32-17-13-11-14-18-32)72-38-25-71-48(73-41(34)38)33-19-15-12-16-20-33)42(60)52-29(2)43(61)56-35(46(64)68-9)21-22-39(59)55-36(44(62)53-30(3)45(63)67-8)26-75-27-37(47(65)69-10)57-50(66)74-51(5,6)7/h11-20,28-30,34-38,40-41,48-49H,21-27H2,1-10H3,(H,52,60)(H,53,62)(H,54,58)(H,55,59)(H,56,61)(H,57,66)/t28-,29-,30+,34+,35+,36+,37-,38?,40?,41-,48?,49-/m0/s1. The number of hydrogen-bond donors (Lipinski definition) is 6. The van der Waals surface area contributed by atoms with Crippen LogP contribution in [0.4, 0.5) is 4.79 Å². The third-order valence-electron chi connectivity index (χ3n) is 11.8. The summed E-state index contributed by atoms with van der Waals surface area (Å²) >= 11 is 0.985. The van der Waals surface area contributed by atoms with Crippen LogP contribution in [0.25, 0.3) is 0 Å². The first kappa shape index (κ1) is 61.2. The van der Waals surface area contributed by atoms with Gasteiger partial charge in [-0.3, -0.25) is 24.0 Å². The largest absolute Gasteiger partial charge is 0.467 e. The molecule has 414 valence electrons. The van der Waals surface area contributed by atoms with E-state index in [0.717, 1.165) is 44.2 Å². The van der Waals surface area contributed by atoms with Crippen molar-refractivity contribution in [3.63, 3.8) is 0 Å². The van der Waals surface area contributed by atoms with Crippen molar-refractivity contribution in [1.29, 1.82) is 0 Å². The molecule has 12 atom stereocenters. The Kier molecular flexibility index (Phi) is 24.2. The summed E-state index contributed by atoms with van der Waals surface area (Å²) in [6, 6.07) is 11.7. The van der Waals surface area contributed by atoms with Crippen molar-refractivity contribution in [2.24, 2.45) is 11.8 Å². The van der Waals surface area contributed by atoms with E-state index in [1.807, 2.05) is 60.7 Å². The zero-order chi connectivity index (χ0) is 55.4. The molecule has 2 heterocycles. The highest BCUT2D eigenvalue weighted by atomic mass is 32.2. The van der Waals surface area contributed by atoms with E-state index in [4.69, 9.17) is 37.9 Å². The highest BCUT2D eigenvalue weighted by molar-refractivity contribution is 7.99. The molecule has 3 unspecified atom stereocenters. The van der Waals surface area contributed by atoms with Crippen molar-refractivity contribution in [1.82, 2.24) is 31.9 Å². The molecule has 0 aromatic heterocycles. The molecule has 24 heteroatoms. The van der Waals surface area contributed by atoms with Crippen molar-refractivity contribution in [2.45, 2.75) is 141 Å². The minimum atomic E-state index is -1.39. The minimum absolute atomic E-state index is 0.125. The molecule has 2 saturated heterocycles. The molecular weight excluding hydrogens is 1000 g/mol. The third kappa shape index (κ3) is 19.7. The summed E-state index contributed by atoms with van der Waals surface area (Å²) in [5.74, 6) is -7.36. The van der Waals surface area contributed by atoms with Crippen LogP contribution in [-0.4, -0.2) is 153 Å². The number of hydrogen-bond acceptors (Lipinski definition) is 18. The number of nitrogens with one attached hydrogen (secondary N) is 6. The fourth-order valence-electron chi connectivity index (χ4n) is 8.04. The van der Waals surface area contributed by atoms with Gasteiger partial charge in [-0.15, -0.1) is 0 Å². The Morgan fingerprint density at radius 2 is 1.29 bits per heavy atom. The van der Waals surface area contributed by atoms with Crippen molar-refractivity contribution in [2.75, 3.05) is 39.4 Å². The summed E-state index contributed by atoms with van der Waals surface area (Å²) in [6.45, 7) is 11.0. The van der Waals surface area contributed by atoms with Crippen molar-refractivity contribution < 1.29 is 81.0 Å². The van der Waals surface area contributed by atoms with Gasteiger partial charge in [0.05, 0.1) is 46.7 Å². The highest BCUT2D eigenvalue weighted by Crippen LogP contribution is 2.40. The van der Waals surface area contributed by atoms with E-state index in [0.29, 0.717) is 0 Å². The van der Waals surface area contributed by atoms with Crippen molar-refractivity contribution >= 4 is 65.3 Å². The average molecular weight is 1070 g/mol. The summed E-state index contributed by atoms with van der Waals surface area (Å²) < 4.78 is 45.1. The van der Waals surface area contributed by atoms with Gasteiger partial charge in [0.2, 0.25) is 29.5 Å². The molecule has 6 amide bonds. The predicted molar refractivity (Wildman–Crippen MR) is 270 cm³/mol. The number of rotatable bonds is 25. The van der Waals surface area contributed by atoms with E-state index >= 15 is 0 Å². The lowest BCUT2D eigenvalue weighted by molar-refractivity contribution is -0.339. The molecule has 0 radical (unpaired) electrons. The van der Waals surface area contributed by atoms with Crippen LogP contribution in [0.15, 0.2) is 60.7 Å². The number of alkyl carbamates (subject to hydrolysis) is 1. The maximum absolute atomic E-state index is 14.0. The molecule has 0 bridgehead atoms. The van der Waals surface area contributed by atoms with Crippen molar-refractivity contribution in [3.05, 3.63) is 71.8 Å². The molecule has 2 aromatic carbocycles. The number of fused-ring (bicyclic) bond motifs is 1. The Hall–Kier alpha value is -6.34. The second kappa shape index (κ2) is 29.7. The van der Waals surface area contributed by atoms with Gasteiger partial charge < -0.3 is 69.8 Å². The molecule has 4 rings (SSSR count). The number of esters is 3. The Labute approximate surface area is 440 Å². The fraction of sp³-hybridized carbons (Fsp3) is 0.588. The summed E-state index contributed by atoms with van der Waals surface area (Å²) in [7, 11) is 3.35. The van der Waals surface area contributed by atoms with Gasteiger partial charge in [0.1, 0.15) is 41.9 Å². The number of carbonyl (C=O) groups excluding carboxylic acids is 9. The van der Waals surface area contributed by atoms with Gasteiger partial charge in [-0.2, -0.15) is 11.8 Å². The Bertz CT molecular complexity index is 2250. The van der Waals surface area contributed by atoms with Crippen LogP contribution in [0, 0.1) is 11.8 Å². The zero-order valence-electron chi connectivity index (χ0n) is 44.0. The number of amides is 6. The Morgan fingerprint density at radius 1 is 0.693 bits per heavy atom. The molecule has 6 N–H and O–H groups in total. The van der Waals surface area contributed by atoms with Gasteiger partial charge in [0.15, 0.2) is 12.6 Å². The monoisotopic (exact) mass is 1070 g/mol. The molecule has 2 aliphatic rings. The molecule has 2 fully saturated rings. The van der Waals surface area contributed by atoms with Gasteiger partial charge in [-0.05, 0) is 53.0 Å². The molecule has 2 aromatic rings. The van der Waals surface area contributed by atoms with Crippen LogP contribution in [0.5, 0.6) is 0 Å². The maximum Gasteiger partial charge on any atom is 0.408 e. The summed E-state index contributed by atoms with van der Waals surface area (Å²) in [4.78, 5) is 117. The number of carbonyl (C=O) groups is 9. The lowest BCUT2D eigenvalue weighted by Gasteiger charge is -2.50. The van der Waals surface area contributed by atoms with E-state index < -0.39 is 133 Å². The summed E-state index contributed by atoms with van der Waals surface area (Å²) in [6.07, 6.45) is -4.55. The van der Waals surface area contributed by atoms with Crippen LogP contribution in [0.3, 0.4) is 0 Å². The van der Waals surface area contributed by atoms with E-state index in [1.54, 1.807) is 27.7 Å². The van der Waals surface area contributed by atoms with E-state index in [1.165, 1.54) is 20.8 Å². The maximum atomic E-state index is 14.0. The van der Waals surface area contributed by atoms with Gasteiger partial charge in [0, 0.05) is 42.2 Å². The molecule has 2 aliphatic heterocycles. The highest BCUT2D eigenvalue weighted by Gasteiger charge is 2.51. The predicted octanol–water partition coefficient (Wildman–Crippen LogP) is 2.09. The van der Waals surface area contributed by atoms with Crippen LogP contribution in [0.2, 0.25) is 0 Å². The van der Waals surface area contributed by atoms with Gasteiger partial charge >= 0.3 is 24.0 Å². The molecule has 0 saturated carbocycles. The SMILES string of the molecule is COC(=O)[C@H](CSC[C@@H](NC(=O)CC[C@@H](NC(=O)[C@H](C)NC(=O)[C@@H](C)C[C@@H]1C(NC(C)=O)[C@@H](OCc2ccccc2)OC2COC(c3ccccc3)O[C@H]21)C(=O)OC)C(=O)N[C@H](C)C(=O)OC)NC(=O)OC(C)(C)C. The first-order valence-corrected chi connectivity index (χ1v) is 25.6. The van der Waals surface area contributed by atoms with Crippen LogP contribution < -0.4 is 31.9 Å². The van der Waals surface area contributed by atoms with Gasteiger partial charge in [-0.25, -0.2) is 19.2 Å². The van der Waals surface area contributed by atoms with E-state index in [2.05, 4.69) is 31.9 Å². The van der Waals surface area contributed by atoms with E-state index in [-0.39, 0.29) is 43.5 Å². The van der Waals surface area contributed by atoms with Gasteiger partial charge in [-0.1, -0.05) is 67.6 Å². The number of ether oxygens (including phenoxy) is 8. The van der Waals surface area contributed by atoms with Crippen LogP contribution >= 0.6 is 11.8 Å². The quantitative estimate of drug-likeness (QED) is 0.0613. The zero-order valence-corrected chi connectivity index (χ0v) is 44.8. The normalized spacial score (nSPS) is 21.6. The van der Waals surface area contributed by atoms with Gasteiger partial charge in [0.25, 0.3) is 0 Å². The fourth-order valence-corrected chi connectivity index (χ4v) is 9.10. The molecule has 0 spiro atoms. The smallest absolute Gasteiger partial charge is 0.408 e. The van der Waals surface area contributed by atoms with Crippen molar-refractivity contribution in [3.8, 4) is 0 Å². The summed E-state index contributed by atoms with van der Waals surface area (Å²) in [5, 5.41) is 15.7. The lowest BCUT2D eigenvalue weighted by Crippen LogP contribution is -2.64. The third-order valence-corrected chi connectivity index (χ3v) is 13.0. The molecular formula is C51H72N6O17S. The average Bonchev–Trinajstić information content (AvgIpc) is 3.37.